The summed E-state index contributed by atoms with van der Waals surface area (Å²) in [6.45, 7) is 1.73. The van der Waals surface area contributed by atoms with E-state index in [0.717, 1.165) is 51.4 Å². The van der Waals surface area contributed by atoms with Crippen molar-refractivity contribution in [3.63, 3.8) is 0 Å². The van der Waals surface area contributed by atoms with Crippen LogP contribution in [-0.2, 0) is 14.4 Å². The van der Waals surface area contributed by atoms with Gasteiger partial charge >= 0.3 is 5.97 Å². The third-order valence-electron chi connectivity index (χ3n) is 4.38. The van der Waals surface area contributed by atoms with Crippen LogP contribution in [0.2, 0.25) is 0 Å². The number of amides is 2. The molecule has 0 saturated heterocycles. The largest absolute Gasteiger partial charge is 0.480 e. The number of carboxylic acid groups (broad SMARTS) is 1. The minimum absolute atomic E-state index is 0.0136. The number of rotatable bonds is 18. The highest BCUT2D eigenvalue weighted by Gasteiger charge is 2.20. The minimum Gasteiger partial charge on any atom is -0.480 e. The van der Waals surface area contributed by atoms with Crippen molar-refractivity contribution in [2.24, 2.45) is 5.73 Å². The number of hydrogen-bond donors (Lipinski definition) is 4. The van der Waals surface area contributed by atoms with Crippen molar-refractivity contribution in [2.75, 3.05) is 0 Å². The highest BCUT2D eigenvalue weighted by Crippen LogP contribution is 2.08. The molecule has 7 heteroatoms. The monoisotopic (exact) mass is 422 g/mol. The molecule has 0 aliphatic rings. The Morgan fingerprint density at radius 2 is 1.50 bits per heavy atom. The summed E-state index contributed by atoms with van der Waals surface area (Å²) in [7, 11) is 0. The van der Waals surface area contributed by atoms with Gasteiger partial charge in [-0.2, -0.15) is 0 Å². The average Bonchev–Trinajstić information content (AvgIpc) is 2.67. The lowest BCUT2D eigenvalue weighted by molar-refractivity contribution is -0.142. The van der Waals surface area contributed by atoms with Crippen LogP contribution in [0.4, 0.5) is 0 Å². The molecule has 5 N–H and O–H groups in total. The molecule has 0 aliphatic carbocycles. The Labute approximate surface area is 180 Å². The fourth-order valence-electron chi connectivity index (χ4n) is 2.73. The van der Waals surface area contributed by atoms with Gasteiger partial charge in [0, 0.05) is 12.8 Å². The number of carboxylic acids is 1. The van der Waals surface area contributed by atoms with Crippen molar-refractivity contribution >= 4 is 17.8 Å². The fourth-order valence-corrected chi connectivity index (χ4v) is 2.73. The van der Waals surface area contributed by atoms with E-state index in [-0.39, 0.29) is 24.9 Å². The first-order valence-electron chi connectivity index (χ1n) is 10.8. The summed E-state index contributed by atoms with van der Waals surface area (Å²) in [6, 6.07) is -1.06. The molecule has 1 unspecified atom stereocenters. The van der Waals surface area contributed by atoms with Gasteiger partial charge in [0.05, 0.1) is 6.10 Å². The molecule has 0 heterocycles. The zero-order valence-corrected chi connectivity index (χ0v) is 18.1. The summed E-state index contributed by atoms with van der Waals surface area (Å²) in [5.41, 5.74) is 5.01. The molecule has 0 aromatic rings. The van der Waals surface area contributed by atoms with Gasteiger partial charge in [0.2, 0.25) is 11.8 Å². The standard InChI is InChI=1S/C23H38N2O5/c1-19(26)15-13-11-9-7-5-3-2-4-6-8-10-12-14-16-22(28)25-20(23(29)30)17-18-21(24)27/h2-3,7,9,13,15,19-20,26H,4-6,8,10-12,14,16-18H2,1H3,(H2,24,27)(H,25,28)(H,29,30)/b3-2-,9-7-,15-13-/t19?,20-/m1/s1. The van der Waals surface area contributed by atoms with E-state index in [0.29, 0.717) is 6.42 Å². The van der Waals surface area contributed by atoms with E-state index in [1.807, 2.05) is 6.08 Å². The smallest absolute Gasteiger partial charge is 0.326 e. The van der Waals surface area contributed by atoms with Crippen LogP contribution in [0.15, 0.2) is 36.5 Å². The summed E-state index contributed by atoms with van der Waals surface area (Å²) < 4.78 is 0. The van der Waals surface area contributed by atoms with Gasteiger partial charge in [0.25, 0.3) is 0 Å². The number of primary amides is 1. The maximum absolute atomic E-state index is 11.8. The summed E-state index contributed by atoms with van der Waals surface area (Å²) in [5.74, 6) is -2.03. The second kappa shape index (κ2) is 18.6. The van der Waals surface area contributed by atoms with Gasteiger partial charge in [-0.3, -0.25) is 9.59 Å². The Kier molecular flexibility index (Phi) is 17.1. The molecule has 0 aliphatic heterocycles. The lowest BCUT2D eigenvalue weighted by Crippen LogP contribution is -2.41. The molecule has 0 radical (unpaired) electrons. The van der Waals surface area contributed by atoms with Crippen LogP contribution < -0.4 is 11.1 Å². The molecule has 0 saturated carbocycles. The Hall–Kier alpha value is -2.41. The van der Waals surface area contributed by atoms with Crippen LogP contribution >= 0.6 is 0 Å². The van der Waals surface area contributed by atoms with Gasteiger partial charge < -0.3 is 21.3 Å². The maximum atomic E-state index is 11.8. The van der Waals surface area contributed by atoms with E-state index in [9.17, 15) is 14.4 Å². The second-order valence-corrected chi connectivity index (χ2v) is 7.35. The number of nitrogens with one attached hydrogen (secondary N) is 1. The van der Waals surface area contributed by atoms with Crippen molar-refractivity contribution in [3.05, 3.63) is 36.5 Å². The van der Waals surface area contributed by atoms with E-state index < -0.39 is 17.9 Å². The third-order valence-corrected chi connectivity index (χ3v) is 4.38. The zero-order valence-electron chi connectivity index (χ0n) is 18.1. The number of allylic oxidation sites excluding steroid dienone is 5. The predicted molar refractivity (Wildman–Crippen MR) is 119 cm³/mol. The van der Waals surface area contributed by atoms with Crippen molar-refractivity contribution in [1.29, 1.82) is 0 Å². The van der Waals surface area contributed by atoms with Crippen molar-refractivity contribution in [2.45, 2.75) is 89.7 Å². The normalized spacial score (nSPS) is 13.8. The van der Waals surface area contributed by atoms with Gasteiger partial charge in [-0.1, -0.05) is 55.7 Å². The molecular formula is C23H38N2O5. The molecule has 0 aromatic carbocycles. The van der Waals surface area contributed by atoms with Gasteiger partial charge in [-0.05, 0) is 45.4 Å². The average molecular weight is 423 g/mol. The second-order valence-electron chi connectivity index (χ2n) is 7.35. The number of nitrogens with two attached hydrogens (primary N) is 1. The van der Waals surface area contributed by atoms with Crippen molar-refractivity contribution in [3.8, 4) is 0 Å². The number of unbranched alkanes of at least 4 members (excludes halogenated alkanes) is 5. The van der Waals surface area contributed by atoms with Gasteiger partial charge in [-0.15, -0.1) is 0 Å². The molecule has 2 amide bonds. The van der Waals surface area contributed by atoms with Crippen LogP contribution in [0, 0.1) is 0 Å². The fraction of sp³-hybridized carbons (Fsp3) is 0.609. The molecule has 0 bridgehead atoms. The first-order valence-corrected chi connectivity index (χ1v) is 10.8. The van der Waals surface area contributed by atoms with E-state index >= 15 is 0 Å². The molecule has 0 spiro atoms. The first-order chi connectivity index (χ1) is 14.3. The number of hydrogen-bond acceptors (Lipinski definition) is 4. The van der Waals surface area contributed by atoms with E-state index in [1.165, 1.54) is 0 Å². The number of carbonyl (C=O) groups excluding carboxylic acids is 2. The zero-order chi connectivity index (χ0) is 22.6. The molecule has 170 valence electrons. The van der Waals surface area contributed by atoms with Crippen LogP contribution in [0.5, 0.6) is 0 Å². The SMILES string of the molecule is CC(O)/C=C\C/C=C\C/C=C\CCCCCCCC(=O)N[C@H](CCC(N)=O)C(=O)O. The first kappa shape index (κ1) is 27.6. The minimum atomic E-state index is -1.15. The summed E-state index contributed by atoms with van der Waals surface area (Å²) in [4.78, 5) is 33.7. The number of aliphatic hydroxyl groups is 1. The molecule has 0 rings (SSSR count). The van der Waals surface area contributed by atoms with Crippen LogP contribution in [0.1, 0.15) is 77.6 Å². The van der Waals surface area contributed by atoms with E-state index in [1.54, 1.807) is 13.0 Å². The number of carbonyl (C=O) groups is 3. The van der Waals surface area contributed by atoms with Crippen molar-refractivity contribution in [1.82, 2.24) is 5.32 Å². The van der Waals surface area contributed by atoms with Crippen LogP contribution in [0.25, 0.3) is 0 Å². The Morgan fingerprint density at radius 3 is 2.13 bits per heavy atom. The summed E-state index contributed by atoms with van der Waals surface area (Å²) in [6.07, 6.45) is 19.8. The number of aliphatic carboxylic acids is 1. The van der Waals surface area contributed by atoms with Gasteiger partial charge in [-0.25, -0.2) is 4.79 Å². The highest BCUT2D eigenvalue weighted by molar-refractivity contribution is 5.84. The quantitative estimate of drug-likeness (QED) is 0.199. The predicted octanol–water partition coefficient (Wildman–Crippen LogP) is 3.38. The maximum Gasteiger partial charge on any atom is 0.326 e. The molecule has 0 aromatic heterocycles. The molecule has 2 atom stereocenters. The summed E-state index contributed by atoms with van der Waals surface area (Å²) >= 11 is 0. The topological polar surface area (TPSA) is 130 Å². The molecule has 30 heavy (non-hydrogen) atoms. The van der Waals surface area contributed by atoms with E-state index in [2.05, 4.69) is 29.6 Å². The van der Waals surface area contributed by atoms with Gasteiger partial charge in [0.1, 0.15) is 6.04 Å². The highest BCUT2D eigenvalue weighted by atomic mass is 16.4. The Morgan fingerprint density at radius 1 is 0.900 bits per heavy atom. The lowest BCUT2D eigenvalue weighted by atomic mass is 10.1. The van der Waals surface area contributed by atoms with Crippen LogP contribution in [-0.4, -0.2) is 40.1 Å². The van der Waals surface area contributed by atoms with Crippen molar-refractivity contribution < 1.29 is 24.6 Å². The van der Waals surface area contributed by atoms with Crippen LogP contribution in [0.3, 0.4) is 0 Å². The third kappa shape index (κ3) is 18.9. The Bertz CT molecular complexity index is 582. The van der Waals surface area contributed by atoms with E-state index in [4.69, 9.17) is 15.9 Å². The molecule has 0 fully saturated rings. The molecule has 7 nitrogen and oxygen atoms in total. The summed E-state index contributed by atoms with van der Waals surface area (Å²) in [5, 5.41) is 20.6. The Balaban J connectivity index is 3.66. The number of aliphatic hydroxyl groups excluding tert-OH is 1. The molecular weight excluding hydrogens is 384 g/mol. The van der Waals surface area contributed by atoms with Gasteiger partial charge in [0.15, 0.2) is 0 Å². The lowest BCUT2D eigenvalue weighted by Gasteiger charge is -2.13.